The lowest BCUT2D eigenvalue weighted by molar-refractivity contribution is 0.340. The van der Waals surface area contributed by atoms with Crippen molar-refractivity contribution in [3.05, 3.63) is 240 Å². The van der Waals surface area contributed by atoms with Gasteiger partial charge in [0.2, 0.25) is 0 Å². The quantitative estimate of drug-likeness (QED) is 0.126. The molecule has 0 aliphatic carbocycles. The highest BCUT2D eigenvalue weighted by Crippen LogP contribution is 2.41. The van der Waals surface area contributed by atoms with Crippen molar-refractivity contribution in [3.63, 3.8) is 0 Å². The van der Waals surface area contributed by atoms with E-state index in [0.29, 0.717) is 0 Å². The fourth-order valence-electron chi connectivity index (χ4n) is 9.16. The molecule has 1 unspecified atom stereocenters. The Bertz CT molecular complexity index is 3070. The number of aryl methyl sites for hydroxylation is 6. The van der Waals surface area contributed by atoms with Gasteiger partial charge in [0.25, 0.3) is 0 Å². The maximum Gasteiger partial charge on any atom is 0.139 e. The first-order valence-electron chi connectivity index (χ1n) is 22.7. The molecule has 1 atom stereocenters. The van der Waals surface area contributed by atoms with Crippen LogP contribution in [0.1, 0.15) is 39.5 Å². The molecule has 318 valence electrons. The standard InChI is InChI=1S/C60H53N5/c1-42-13-32-58(63-41-42)52-30-31-56(57(40-52)49-28-26-48(27-29-49)47-9-5-4-6-10-47)55-12-8-7-11-54(55)53-38-45(16-14-43-18-22-50(23-19-43)59-61-33-35-64(59)2)37-46(39-53)17-15-44-20-24-51(25-21-44)60-62-34-36-65(60)3/h4-13,18-41,59,61H,14-17H2,1-3H3. The maximum absolute atomic E-state index is 4.84. The van der Waals surface area contributed by atoms with Gasteiger partial charge in [0, 0.05) is 56.2 Å². The van der Waals surface area contributed by atoms with E-state index < -0.39 is 0 Å². The topological polar surface area (TPSA) is 46.0 Å². The molecule has 3 heterocycles. The van der Waals surface area contributed by atoms with Crippen LogP contribution < -0.4 is 5.32 Å². The van der Waals surface area contributed by atoms with Gasteiger partial charge in [-0.15, -0.1) is 0 Å². The molecular weight excluding hydrogens is 791 g/mol. The van der Waals surface area contributed by atoms with E-state index >= 15 is 0 Å². The lowest BCUT2D eigenvalue weighted by atomic mass is 9.86. The van der Waals surface area contributed by atoms with Gasteiger partial charge in [-0.3, -0.25) is 4.98 Å². The second-order valence-corrected chi connectivity index (χ2v) is 17.4. The number of hydrogen-bond donors (Lipinski definition) is 1. The Labute approximate surface area is 383 Å². The van der Waals surface area contributed by atoms with Crippen LogP contribution in [0.4, 0.5) is 0 Å². The van der Waals surface area contributed by atoms with Gasteiger partial charge < -0.3 is 14.8 Å². The predicted octanol–water partition coefficient (Wildman–Crippen LogP) is 13.7. The molecule has 9 aromatic rings. The lowest BCUT2D eigenvalue weighted by Gasteiger charge is -2.21. The van der Waals surface area contributed by atoms with Gasteiger partial charge in [-0.25, -0.2) is 4.98 Å². The normalized spacial score (nSPS) is 13.3. The van der Waals surface area contributed by atoms with Crippen molar-refractivity contribution >= 4 is 0 Å². The minimum Gasteiger partial charge on any atom is -0.366 e. The highest BCUT2D eigenvalue weighted by Gasteiger charge is 2.18. The van der Waals surface area contributed by atoms with Crippen LogP contribution in [0.5, 0.6) is 0 Å². The molecule has 0 radical (unpaired) electrons. The van der Waals surface area contributed by atoms with Crippen LogP contribution in [-0.4, -0.2) is 26.5 Å². The second kappa shape index (κ2) is 18.5. The molecule has 5 nitrogen and oxygen atoms in total. The van der Waals surface area contributed by atoms with Gasteiger partial charge in [0.15, 0.2) is 0 Å². The second-order valence-electron chi connectivity index (χ2n) is 17.4. The van der Waals surface area contributed by atoms with Crippen LogP contribution in [-0.2, 0) is 32.7 Å². The third-order valence-corrected chi connectivity index (χ3v) is 12.8. The van der Waals surface area contributed by atoms with Gasteiger partial charge in [-0.2, -0.15) is 0 Å². The summed E-state index contributed by atoms with van der Waals surface area (Å²) >= 11 is 0. The maximum atomic E-state index is 4.84. The van der Waals surface area contributed by atoms with Crippen LogP contribution in [0, 0.1) is 6.92 Å². The van der Waals surface area contributed by atoms with E-state index in [2.05, 4.69) is 216 Å². The summed E-state index contributed by atoms with van der Waals surface area (Å²) in [5.74, 6) is 0.982. The lowest BCUT2D eigenvalue weighted by Crippen LogP contribution is -2.23. The summed E-state index contributed by atoms with van der Waals surface area (Å²) in [5.41, 5.74) is 20.6. The van der Waals surface area contributed by atoms with E-state index in [1.165, 1.54) is 72.3 Å². The number of aromatic nitrogens is 3. The number of pyridine rings is 1. The van der Waals surface area contributed by atoms with Crippen molar-refractivity contribution in [1.29, 1.82) is 0 Å². The average molecular weight is 844 g/mol. The van der Waals surface area contributed by atoms with Gasteiger partial charge in [0.1, 0.15) is 12.0 Å². The van der Waals surface area contributed by atoms with E-state index in [9.17, 15) is 0 Å². The molecule has 0 amide bonds. The SMILES string of the molecule is Cc1ccc(-c2ccc(-c3ccccc3-c3cc(CCc4ccc(-c5nccn5C)cc4)cc(CCc4ccc(C5NC=CN5C)cc4)c3)c(-c3ccc(-c4ccccc4)cc3)c2)nc1. The van der Waals surface area contributed by atoms with Crippen LogP contribution >= 0.6 is 0 Å². The molecule has 7 aromatic carbocycles. The molecule has 1 aliphatic heterocycles. The Balaban J connectivity index is 1.01. The highest BCUT2D eigenvalue weighted by atomic mass is 15.3. The minimum atomic E-state index is 0.180. The largest absolute Gasteiger partial charge is 0.366 e. The minimum absolute atomic E-state index is 0.180. The zero-order chi connectivity index (χ0) is 44.1. The fraction of sp³-hybridized carbons (Fsp3) is 0.133. The first-order valence-corrected chi connectivity index (χ1v) is 22.7. The Morgan fingerprint density at radius 2 is 1.08 bits per heavy atom. The number of hydrogen-bond acceptors (Lipinski definition) is 4. The summed E-state index contributed by atoms with van der Waals surface area (Å²) in [7, 11) is 4.15. The molecule has 2 aromatic heterocycles. The third kappa shape index (κ3) is 9.18. The number of nitrogens with zero attached hydrogens (tertiary/aromatic N) is 4. The number of nitrogens with one attached hydrogen (secondary N) is 1. The van der Waals surface area contributed by atoms with E-state index in [4.69, 9.17) is 4.98 Å². The van der Waals surface area contributed by atoms with Crippen molar-refractivity contribution in [1.82, 2.24) is 24.8 Å². The van der Waals surface area contributed by atoms with Crippen LogP contribution in [0.3, 0.4) is 0 Å². The number of imidazole rings is 1. The Morgan fingerprint density at radius 1 is 0.477 bits per heavy atom. The number of rotatable bonds is 13. The molecule has 0 bridgehead atoms. The molecule has 0 spiro atoms. The fourth-order valence-corrected chi connectivity index (χ4v) is 9.16. The first kappa shape index (κ1) is 41.3. The molecule has 10 rings (SSSR count). The summed E-state index contributed by atoms with van der Waals surface area (Å²) in [4.78, 5) is 11.6. The first-order chi connectivity index (χ1) is 31.9. The molecule has 65 heavy (non-hydrogen) atoms. The van der Waals surface area contributed by atoms with E-state index in [1.54, 1.807) is 0 Å². The third-order valence-electron chi connectivity index (χ3n) is 12.8. The van der Waals surface area contributed by atoms with Gasteiger partial charge in [0.05, 0.1) is 5.69 Å². The van der Waals surface area contributed by atoms with Crippen LogP contribution in [0.15, 0.2) is 207 Å². The Kier molecular flexibility index (Phi) is 11.8. The summed E-state index contributed by atoms with van der Waals surface area (Å²) in [6.07, 6.45) is 13.9. The summed E-state index contributed by atoms with van der Waals surface area (Å²) in [6.45, 7) is 2.08. The van der Waals surface area contributed by atoms with Crippen molar-refractivity contribution < 1.29 is 0 Å². The highest BCUT2D eigenvalue weighted by molar-refractivity contribution is 5.93. The molecule has 0 fully saturated rings. The Morgan fingerprint density at radius 3 is 1.72 bits per heavy atom. The average Bonchev–Trinajstić information content (AvgIpc) is 4.00. The van der Waals surface area contributed by atoms with E-state index in [0.717, 1.165) is 53.9 Å². The zero-order valence-electron chi connectivity index (χ0n) is 37.3. The molecule has 0 saturated carbocycles. The van der Waals surface area contributed by atoms with Crippen LogP contribution in [0.2, 0.25) is 0 Å². The van der Waals surface area contributed by atoms with Crippen molar-refractivity contribution in [2.75, 3.05) is 7.05 Å². The summed E-state index contributed by atoms with van der Waals surface area (Å²) in [5, 5.41) is 3.45. The van der Waals surface area contributed by atoms with Gasteiger partial charge in [-0.1, -0.05) is 164 Å². The van der Waals surface area contributed by atoms with Crippen molar-refractivity contribution in [3.8, 4) is 67.2 Å². The number of benzene rings is 7. The van der Waals surface area contributed by atoms with E-state index in [1.807, 2.05) is 31.8 Å². The van der Waals surface area contributed by atoms with Gasteiger partial charge >= 0.3 is 0 Å². The Hall–Kier alpha value is -7.76. The molecule has 1 N–H and O–H groups in total. The summed E-state index contributed by atoms with van der Waals surface area (Å²) in [6, 6.07) is 65.0. The molecular formula is C60H53N5. The predicted molar refractivity (Wildman–Crippen MR) is 269 cm³/mol. The monoisotopic (exact) mass is 843 g/mol. The van der Waals surface area contributed by atoms with Crippen molar-refractivity contribution in [2.45, 2.75) is 38.8 Å². The molecule has 5 heteroatoms. The van der Waals surface area contributed by atoms with Gasteiger partial charge in [-0.05, 0) is 123 Å². The summed E-state index contributed by atoms with van der Waals surface area (Å²) < 4.78 is 2.07. The molecule has 0 saturated heterocycles. The van der Waals surface area contributed by atoms with E-state index in [-0.39, 0.29) is 6.17 Å². The van der Waals surface area contributed by atoms with Crippen LogP contribution in [0.25, 0.3) is 67.2 Å². The van der Waals surface area contributed by atoms with Crippen molar-refractivity contribution in [2.24, 2.45) is 7.05 Å². The zero-order valence-corrected chi connectivity index (χ0v) is 37.3. The smallest absolute Gasteiger partial charge is 0.139 e. The molecule has 1 aliphatic rings.